The lowest BCUT2D eigenvalue weighted by molar-refractivity contribution is 0.428. The fourth-order valence-corrected chi connectivity index (χ4v) is 8.60. The number of nitrogens with zero attached hydrogens (tertiary/aromatic N) is 1. The van der Waals surface area contributed by atoms with Crippen LogP contribution in [-0.4, -0.2) is 40.0 Å². The third-order valence-corrected chi connectivity index (χ3v) is 10.7. The quantitative estimate of drug-likeness (QED) is 0.757. The van der Waals surface area contributed by atoms with Gasteiger partial charge in [-0.25, -0.2) is 16.8 Å². The number of aryl methyl sites for hydroxylation is 2. The van der Waals surface area contributed by atoms with Crippen molar-refractivity contribution in [1.82, 2.24) is 4.31 Å². The number of benzene rings is 1. The molecule has 4 rings (SSSR count). The fraction of sp³-hybridized carbons (Fsp3) is 0.474. The van der Waals surface area contributed by atoms with Crippen LogP contribution in [0.3, 0.4) is 0 Å². The van der Waals surface area contributed by atoms with Gasteiger partial charge in [-0.15, -0.1) is 11.3 Å². The molecule has 0 spiro atoms. The molecule has 0 amide bonds. The number of sulfone groups is 1. The summed E-state index contributed by atoms with van der Waals surface area (Å²) < 4.78 is 53.0. The highest BCUT2D eigenvalue weighted by atomic mass is 32.2. The normalized spacial score (nSPS) is 23.5. The molecule has 1 fully saturated rings. The molecule has 1 aliphatic heterocycles. The van der Waals surface area contributed by atoms with Gasteiger partial charge in [0, 0.05) is 18.0 Å². The van der Waals surface area contributed by atoms with E-state index < -0.39 is 25.1 Å². The maximum Gasteiger partial charge on any atom is 0.243 e. The number of fused-ring (bicyclic) bond motifs is 1. The van der Waals surface area contributed by atoms with Gasteiger partial charge >= 0.3 is 0 Å². The van der Waals surface area contributed by atoms with Crippen molar-refractivity contribution in [3.63, 3.8) is 0 Å². The Morgan fingerprint density at radius 1 is 1.04 bits per heavy atom. The van der Waals surface area contributed by atoms with Gasteiger partial charge in [0.2, 0.25) is 10.0 Å². The predicted molar refractivity (Wildman–Crippen MR) is 107 cm³/mol. The van der Waals surface area contributed by atoms with E-state index >= 15 is 0 Å². The van der Waals surface area contributed by atoms with Gasteiger partial charge in [0.05, 0.1) is 15.9 Å². The molecular weight excluding hydrogens is 402 g/mol. The molecule has 1 saturated heterocycles. The molecular formula is C19H23NO4S3. The SMILES string of the molecule is O=S1(=O)CCN(S(=O)(=O)c2ccc3c(c2)CCCC3)CCC1c1cccs1. The molecule has 0 radical (unpaired) electrons. The van der Waals surface area contributed by atoms with E-state index in [1.54, 1.807) is 12.1 Å². The van der Waals surface area contributed by atoms with Crippen LogP contribution in [0.5, 0.6) is 0 Å². The van der Waals surface area contributed by atoms with Crippen molar-refractivity contribution in [2.24, 2.45) is 0 Å². The van der Waals surface area contributed by atoms with Crippen molar-refractivity contribution in [2.75, 3.05) is 18.8 Å². The molecule has 1 aromatic heterocycles. The summed E-state index contributed by atoms with van der Waals surface area (Å²) in [5.74, 6) is -0.139. The summed E-state index contributed by atoms with van der Waals surface area (Å²) in [6.45, 7) is 0.241. The molecule has 2 aromatic rings. The van der Waals surface area contributed by atoms with Crippen molar-refractivity contribution in [3.8, 4) is 0 Å². The van der Waals surface area contributed by atoms with Gasteiger partial charge in [0.15, 0.2) is 9.84 Å². The molecule has 2 heterocycles. The zero-order chi connectivity index (χ0) is 19.1. The van der Waals surface area contributed by atoms with Crippen LogP contribution in [0.4, 0.5) is 0 Å². The highest BCUT2D eigenvalue weighted by molar-refractivity contribution is 7.92. The van der Waals surface area contributed by atoms with Crippen molar-refractivity contribution >= 4 is 31.2 Å². The van der Waals surface area contributed by atoms with Crippen LogP contribution < -0.4 is 0 Å². The number of sulfonamides is 1. The van der Waals surface area contributed by atoms with E-state index in [1.165, 1.54) is 21.2 Å². The summed E-state index contributed by atoms with van der Waals surface area (Å²) in [5, 5.41) is 1.25. The minimum Gasteiger partial charge on any atom is -0.228 e. The lowest BCUT2D eigenvalue weighted by Crippen LogP contribution is -2.33. The van der Waals surface area contributed by atoms with E-state index in [0.29, 0.717) is 6.42 Å². The van der Waals surface area contributed by atoms with Crippen molar-refractivity contribution in [3.05, 3.63) is 51.7 Å². The van der Waals surface area contributed by atoms with E-state index in [2.05, 4.69) is 0 Å². The van der Waals surface area contributed by atoms with E-state index in [1.807, 2.05) is 23.6 Å². The van der Waals surface area contributed by atoms with Crippen LogP contribution in [0.2, 0.25) is 0 Å². The van der Waals surface area contributed by atoms with Gasteiger partial charge in [0.25, 0.3) is 0 Å². The smallest absolute Gasteiger partial charge is 0.228 e. The molecule has 0 bridgehead atoms. The minimum absolute atomic E-state index is 0.0175. The van der Waals surface area contributed by atoms with E-state index in [0.717, 1.165) is 36.1 Å². The minimum atomic E-state index is -3.69. The Balaban J connectivity index is 1.61. The summed E-state index contributed by atoms with van der Waals surface area (Å²) >= 11 is 1.41. The molecule has 1 unspecified atom stereocenters. The van der Waals surface area contributed by atoms with Crippen LogP contribution in [0.25, 0.3) is 0 Å². The average molecular weight is 426 g/mol. The Labute approximate surface area is 165 Å². The summed E-state index contributed by atoms with van der Waals surface area (Å²) in [6.07, 6.45) is 4.44. The molecule has 2 aliphatic rings. The number of hydrogen-bond donors (Lipinski definition) is 0. The zero-order valence-electron chi connectivity index (χ0n) is 15.0. The first kappa shape index (κ1) is 19.1. The maximum atomic E-state index is 13.2. The molecule has 8 heteroatoms. The lowest BCUT2D eigenvalue weighted by Gasteiger charge is -2.22. The number of hydrogen-bond acceptors (Lipinski definition) is 5. The number of rotatable bonds is 3. The molecule has 1 atom stereocenters. The summed E-state index contributed by atoms with van der Waals surface area (Å²) in [4.78, 5) is 1.08. The topological polar surface area (TPSA) is 71.5 Å². The largest absolute Gasteiger partial charge is 0.243 e. The van der Waals surface area contributed by atoms with Gasteiger partial charge in [-0.05, 0) is 66.8 Å². The van der Waals surface area contributed by atoms with E-state index in [9.17, 15) is 16.8 Å². The van der Waals surface area contributed by atoms with Crippen LogP contribution in [-0.2, 0) is 32.7 Å². The van der Waals surface area contributed by atoms with Crippen LogP contribution in [0, 0.1) is 0 Å². The third-order valence-electron chi connectivity index (χ3n) is 5.52. The van der Waals surface area contributed by atoms with Crippen molar-refractivity contribution in [2.45, 2.75) is 42.2 Å². The van der Waals surface area contributed by atoms with Gasteiger partial charge in [-0.3, -0.25) is 0 Å². The molecule has 146 valence electrons. The maximum absolute atomic E-state index is 13.2. The fourth-order valence-electron chi connectivity index (χ4n) is 3.98. The zero-order valence-corrected chi connectivity index (χ0v) is 17.5. The van der Waals surface area contributed by atoms with Crippen LogP contribution in [0.1, 0.15) is 40.5 Å². The molecule has 27 heavy (non-hydrogen) atoms. The lowest BCUT2D eigenvalue weighted by atomic mass is 9.92. The van der Waals surface area contributed by atoms with E-state index in [4.69, 9.17) is 0 Å². The highest BCUT2D eigenvalue weighted by Crippen LogP contribution is 2.34. The Morgan fingerprint density at radius 3 is 2.56 bits per heavy atom. The highest BCUT2D eigenvalue weighted by Gasteiger charge is 2.36. The number of thiophene rings is 1. The summed E-state index contributed by atoms with van der Waals surface area (Å²) in [6, 6.07) is 9.04. The van der Waals surface area contributed by atoms with Gasteiger partial charge in [-0.2, -0.15) is 4.31 Å². The second kappa shape index (κ2) is 7.31. The molecule has 0 N–H and O–H groups in total. The van der Waals surface area contributed by atoms with Crippen LogP contribution in [0.15, 0.2) is 40.6 Å². The van der Waals surface area contributed by atoms with Gasteiger partial charge in [-0.1, -0.05) is 12.1 Å². The molecule has 5 nitrogen and oxygen atoms in total. The molecule has 0 saturated carbocycles. The standard InChI is InChI=1S/C19H23NO4S3/c21-26(22)13-11-20(10-9-19(26)18-6-3-12-25-18)27(23,24)17-8-7-15-4-1-2-5-16(15)14-17/h3,6-8,12,14,19H,1-2,4-5,9-11,13H2. The van der Waals surface area contributed by atoms with Crippen molar-refractivity contribution < 1.29 is 16.8 Å². The van der Waals surface area contributed by atoms with Crippen molar-refractivity contribution in [1.29, 1.82) is 0 Å². The Kier molecular flexibility index (Phi) is 5.18. The van der Waals surface area contributed by atoms with Gasteiger partial charge < -0.3 is 0 Å². The second-order valence-electron chi connectivity index (χ2n) is 7.20. The van der Waals surface area contributed by atoms with E-state index in [-0.39, 0.29) is 23.7 Å². The third kappa shape index (κ3) is 3.72. The second-order valence-corrected chi connectivity index (χ2v) is 12.4. The first-order valence-corrected chi connectivity index (χ1v) is 13.3. The Morgan fingerprint density at radius 2 is 1.81 bits per heavy atom. The monoisotopic (exact) mass is 425 g/mol. The molecule has 1 aliphatic carbocycles. The summed E-state index contributed by atoms with van der Waals surface area (Å²) in [7, 11) is -7.06. The van der Waals surface area contributed by atoms with Crippen LogP contribution >= 0.6 is 11.3 Å². The van der Waals surface area contributed by atoms with Gasteiger partial charge in [0.1, 0.15) is 0 Å². The average Bonchev–Trinajstić information content (AvgIpc) is 3.12. The predicted octanol–water partition coefficient (Wildman–Crippen LogP) is 3.18. The first-order valence-electron chi connectivity index (χ1n) is 9.25. The first-order chi connectivity index (χ1) is 12.9. The Hall–Kier alpha value is -1.22. The summed E-state index contributed by atoms with van der Waals surface area (Å²) in [5.41, 5.74) is 2.35. The Bertz CT molecular complexity index is 1030. The molecule has 1 aromatic carbocycles.